The van der Waals surface area contributed by atoms with Gasteiger partial charge in [0, 0.05) is 12.5 Å². The van der Waals surface area contributed by atoms with Crippen LogP contribution in [0.5, 0.6) is 0 Å². The molecule has 2 heterocycles. The minimum absolute atomic E-state index is 0.0598. The number of anilines is 1. The predicted octanol–water partition coefficient (Wildman–Crippen LogP) is 4.89. The van der Waals surface area contributed by atoms with Crippen molar-refractivity contribution in [2.75, 3.05) is 18.5 Å². The Morgan fingerprint density at radius 1 is 1.09 bits per heavy atom. The second-order valence-electron chi connectivity index (χ2n) is 8.73. The molecule has 9 heteroatoms. The third-order valence-electron chi connectivity index (χ3n) is 6.59. The van der Waals surface area contributed by atoms with Gasteiger partial charge in [0.25, 0.3) is 5.91 Å². The number of aryl methyl sites for hydroxylation is 1. The van der Waals surface area contributed by atoms with E-state index in [1.54, 1.807) is 6.92 Å². The molecule has 0 bridgehead atoms. The molecule has 2 amide bonds. The fourth-order valence-corrected chi connectivity index (χ4v) is 5.84. The number of carbonyl (C=O) groups excluding carboxylic acids is 2. The molecule has 0 unspecified atom stereocenters. The Hall–Kier alpha value is -3.72. The zero-order valence-electron chi connectivity index (χ0n) is 19.2. The van der Waals surface area contributed by atoms with E-state index in [9.17, 15) is 19.5 Å². The van der Waals surface area contributed by atoms with Crippen LogP contribution >= 0.6 is 11.3 Å². The first-order valence-corrected chi connectivity index (χ1v) is 12.4. The average Bonchev–Trinajstić information content (AvgIpc) is 3.39. The number of amides is 2. The van der Waals surface area contributed by atoms with E-state index in [-0.39, 0.29) is 23.6 Å². The van der Waals surface area contributed by atoms with Crippen molar-refractivity contribution < 1.29 is 24.2 Å². The highest BCUT2D eigenvalue weighted by molar-refractivity contribution is 7.17. The maximum Gasteiger partial charge on any atom is 0.413 e. The molecule has 2 N–H and O–H groups in total. The Morgan fingerprint density at radius 3 is 2.40 bits per heavy atom. The number of nitrogens with zero attached hydrogens (tertiary/aromatic N) is 2. The van der Waals surface area contributed by atoms with E-state index in [0.29, 0.717) is 23.5 Å². The standard InChI is InChI=1S/C26H25N3O5S/c1-15-22(23(30)29-13-7-6-12-21(29)24(31)32)35-25(27-15)28-26(33)34-14-20-18-10-4-2-8-16(18)17-9-3-5-11-19(17)20/h2-5,8-11,20-21H,6-7,12-14H2,1H3,(H,31,32)(H,27,28,33)/t21-/m1/s1. The fourth-order valence-electron chi connectivity index (χ4n) is 4.93. The van der Waals surface area contributed by atoms with Crippen LogP contribution in [-0.2, 0) is 9.53 Å². The number of benzene rings is 2. The van der Waals surface area contributed by atoms with Crippen molar-refractivity contribution >= 4 is 34.4 Å². The number of hydrogen-bond acceptors (Lipinski definition) is 6. The molecular formula is C26H25N3O5S. The number of nitrogens with one attached hydrogen (secondary N) is 1. The Morgan fingerprint density at radius 2 is 1.74 bits per heavy atom. The van der Waals surface area contributed by atoms with Crippen molar-refractivity contribution in [3.8, 4) is 11.1 Å². The summed E-state index contributed by atoms with van der Waals surface area (Å²) in [6, 6.07) is 15.4. The third-order valence-corrected chi connectivity index (χ3v) is 7.65. The van der Waals surface area contributed by atoms with E-state index in [2.05, 4.69) is 22.4 Å². The van der Waals surface area contributed by atoms with Crippen molar-refractivity contribution in [2.24, 2.45) is 0 Å². The summed E-state index contributed by atoms with van der Waals surface area (Å²) in [5.41, 5.74) is 4.98. The molecular weight excluding hydrogens is 466 g/mol. The molecule has 180 valence electrons. The zero-order valence-corrected chi connectivity index (χ0v) is 20.0. The van der Waals surface area contributed by atoms with Crippen molar-refractivity contribution in [1.29, 1.82) is 0 Å². The van der Waals surface area contributed by atoms with Gasteiger partial charge in [-0.3, -0.25) is 10.1 Å². The smallest absolute Gasteiger partial charge is 0.413 e. The number of carboxylic acid groups (broad SMARTS) is 1. The number of piperidine rings is 1. The number of aromatic nitrogens is 1. The second-order valence-corrected chi connectivity index (χ2v) is 9.73. The van der Waals surface area contributed by atoms with E-state index in [1.165, 1.54) is 4.90 Å². The minimum atomic E-state index is -1.00. The summed E-state index contributed by atoms with van der Waals surface area (Å²) >= 11 is 1.03. The maximum atomic E-state index is 13.1. The van der Waals surface area contributed by atoms with E-state index >= 15 is 0 Å². The SMILES string of the molecule is Cc1nc(NC(=O)OCC2c3ccccc3-c3ccccc32)sc1C(=O)N1CCCC[C@@H]1C(=O)O. The molecule has 2 aromatic carbocycles. The molecule has 1 aliphatic carbocycles. The van der Waals surface area contributed by atoms with Crippen LogP contribution in [0.4, 0.5) is 9.93 Å². The molecule has 8 nitrogen and oxygen atoms in total. The highest BCUT2D eigenvalue weighted by atomic mass is 32.1. The lowest BCUT2D eigenvalue weighted by Crippen LogP contribution is -2.47. The number of likely N-dealkylation sites (tertiary alicyclic amines) is 1. The summed E-state index contributed by atoms with van der Waals surface area (Å²) in [5, 5.41) is 12.4. The van der Waals surface area contributed by atoms with Crippen LogP contribution in [0.3, 0.4) is 0 Å². The molecule has 1 saturated heterocycles. The van der Waals surface area contributed by atoms with Gasteiger partial charge in [-0.15, -0.1) is 0 Å². The summed E-state index contributed by atoms with van der Waals surface area (Å²) < 4.78 is 5.56. The number of hydrogen-bond donors (Lipinski definition) is 2. The number of ether oxygens (including phenoxy) is 1. The van der Waals surface area contributed by atoms with Gasteiger partial charge in [-0.05, 0) is 48.4 Å². The second kappa shape index (κ2) is 9.50. The Kier molecular flexibility index (Phi) is 6.25. The van der Waals surface area contributed by atoms with E-state index in [1.807, 2.05) is 36.4 Å². The molecule has 5 rings (SSSR count). The maximum absolute atomic E-state index is 13.1. The van der Waals surface area contributed by atoms with Gasteiger partial charge >= 0.3 is 12.1 Å². The summed E-state index contributed by atoms with van der Waals surface area (Å²) in [7, 11) is 0. The number of fused-ring (bicyclic) bond motifs is 3. The van der Waals surface area contributed by atoms with Crippen LogP contribution in [0.15, 0.2) is 48.5 Å². The Labute approximate surface area is 206 Å². The molecule has 1 fully saturated rings. The van der Waals surface area contributed by atoms with Crippen LogP contribution < -0.4 is 5.32 Å². The minimum Gasteiger partial charge on any atom is -0.480 e. The number of carboxylic acids is 1. The van der Waals surface area contributed by atoms with Crippen LogP contribution in [-0.4, -0.2) is 52.2 Å². The molecule has 35 heavy (non-hydrogen) atoms. The van der Waals surface area contributed by atoms with Crippen molar-refractivity contribution in [1.82, 2.24) is 9.88 Å². The van der Waals surface area contributed by atoms with Gasteiger partial charge in [-0.2, -0.15) is 0 Å². The number of rotatable bonds is 5. The zero-order chi connectivity index (χ0) is 24.5. The van der Waals surface area contributed by atoms with Gasteiger partial charge in [-0.1, -0.05) is 59.9 Å². The summed E-state index contributed by atoms with van der Waals surface area (Å²) in [6.07, 6.45) is 1.32. The van der Waals surface area contributed by atoms with Crippen molar-refractivity contribution in [3.05, 3.63) is 70.2 Å². The number of aliphatic carboxylic acids is 1. The molecule has 0 saturated carbocycles. The molecule has 3 aromatic rings. The Bertz CT molecular complexity index is 1260. The summed E-state index contributed by atoms with van der Waals surface area (Å²) in [5.74, 6) is -1.43. The van der Waals surface area contributed by atoms with E-state index < -0.39 is 18.1 Å². The van der Waals surface area contributed by atoms with E-state index in [4.69, 9.17) is 4.74 Å². The molecule has 2 aliphatic rings. The summed E-state index contributed by atoms with van der Waals surface area (Å²) in [4.78, 5) is 43.3. The normalized spacial score (nSPS) is 16.9. The first-order valence-electron chi connectivity index (χ1n) is 11.6. The van der Waals surface area contributed by atoms with Crippen LogP contribution in [0.1, 0.15) is 51.7 Å². The molecule has 1 atom stereocenters. The number of thiazole rings is 1. The summed E-state index contributed by atoms with van der Waals surface area (Å²) in [6.45, 7) is 2.23. The third kappa shape index (κ3) is 4.39. The van der Waals surface area contributed by atoms with E-state index in [0.717, 1.165) is 46.4 Å². The van der Waals surface area contributed by atoms with Gasteiger partial charge in [0.15, 0.2) is 5.13 Å². The lowest BCUT2D eigenvalue weighted by atomic mass is 9.98. The van der Waals surface area contributed by atoms with Gasteiger partial charge in [-0.25, -0.2) is 14.6 Å². The fraction of sp³-hybridized carbons (Fsp3) is 0.308. The van der Waals surface area contributed by atoms with Gasteiger partial charge in [0.2, 0.25) is 0 Å². The molecule has 1 aromatic heterocycles. The van der Waals surface area contributed by atoms with Gasteiger partial charge < -0.3 is 14.7 Å². The monoisotopic (exact) mass is 491 g/mol. The highest BCUT2D eigenvalue weighted by Crippen LogP contribution is 2.44. The van der Waals surface area contributed by atoms with Gasteiger partial charge in [0.05, 0.1) is 5.69 Å². The lowest BCUT2D eigenvalue weighted by molar-refractivity contribution is -0.143. The van der Waals surface area contributed by atoms with Crippen molar-refractivity contribution in [3.63, 3.8) is 0 Å². The first-order chi connectivity index (χ1) is 16.9. The van der Waals surface area contributed by atoms with Crippen LogP contribution in [0, 0.1) is 6.92 Å². The molecule has 0 radical (unpaired) electrons. The number of carbonyl (C=O) groups is 3. The quantitative estimate of drug-likeness (QED) is 0.526. The largest absolute Gasteiger partial charge is 0.480 e. The Balaban J connectivity index is 1.26. The van der Waals surface area contributed by atoms with Crippen LogP contribution in [0.25, 0.3) is 11.1 Å². The molecule has 1 aliphatic heterocycles. The van der Waals surface area contributed by atoms with Gasteiger partial charge in [0.1, 0.15) is 17.5 Å². The predicted molar refractivity (Wildman–Crippen MR) is 132 cm³/mol. The lowest BCUT2D eigenvalue weighted by Gasteiger charge is -2.32. The molecule has 0 spiro atoms. The average molecular weight is 492 g/mol. The highest BCUT2D eigenvalue weighted by Gasteiger charge is 2.34. The first kappa shape index (κ1) is 23.0. The van der Waals surface area contributed by atoms with Crippen LogP contribution in [0.2, 0.25) is 0 Å². The van der Waals surface area contributed by atoms with Crippen molar-refractivity contribution in [2.45, 2.75) is 38.1 Å². The topological polar surface area (TPSA) is 109 Å².